The number of rotatable bonds is 2. The molecule has 0 atom stereocenters. The van der Waals surface area contributed by atoms with Crippen LogP contribution in [-0.2, 0) is 14.1 Å². The fraction of sp³-hybridized carbons (Fsp3) is 0.250. The average molecular weight is 201 g/mol. The highest BCUT2D eigenvalue weighted by atomic mass is 15.1. The van der Waals surface area contributed by atoms with Crippen molar-refractivity contribution in [1.82, 2.24) is 19.9 Å². The second-order valence-corrected chi connectivity index (χ2v) is 3.10. The summed E-state index contributed by atoms with van der Waals surface area (Å²) in [6.45, 7) is 0. The van der Waals surface area contributed by atoms with E-state index in [1.807, 2.05) is 30.5 Å². The second-order valence-electron chi connectivity index (χ2n) is 3.10. The van der Waals surface area contributed by atoms with E-state index in [9.17, 15) is 0 Å². The van der Waals surface area contributed by atoms with Gasteiger partial charge < -0.3 is 0 Å². The van der Waals surface area contributed by atoms with Crippen molar-refractivity contribution in [1.29, 1.82) is 0 Å². The molecule has 2 heterocycles. The van der Waals surface area contributed by atoms with Gasteiger partial charge in [0.15, 0.2) is 0 Å². The Labute approximate surface area is 87.9 Å². The molecule has 0 aromatic carbocycles. The van der Waals surface area contributed by atoms with E-state index in [2.05, 4.69) is 19.9 Å². The van der Waals surface area contributed by atoms with Gasteiger partial charge in [-0.3, -0.25) is 9.13 Å². The maximum Gasteiger partial charge on any atom is 0.259 e. The van der Waals surface area contributed by atoms with E-state index in [-0.39, 0.29) is 0 Å². The molecule has 2 aromatic heterocycles. The molecule has 7 heteroatoms. The standard InChI is InChI=1S/C8H10BN6/c1-14-5-10-3-12-7(14)9-8-13-4-11-6-15(8)2/h3-6H,1-2H3/q+1. The lowest BCUT2D eigenvalue weighted by Gasteiger charge is -2.10. The van der Waals surface area contributed by atoms with Crippen molar-refractivity contribution in [2.45, 2.75) is 0 Å². The minimum atomic E-state index is 0.791. The van der Waals surface area contributed by atoms with E-state index in [0.717, 1.165) is 11.4 Å². The van der Waals surface area contributed by atoms with Gasteiger partial charge in [0.05, 0.1) is 14.1 Å². The van der Waals surface area contributed by atoms with Crippen LogP contribution >= 0.6 is 0 Å². The molecule has 0 spiro atoms. The highest BCUT2D eigenvalue weighted by Gasteiger charge is 2.00. The van der Waals surface area contributed by atoms with E-state index in [0.29, 0.717) is 0 Å². The van der Waals surface area contributed by atoms with Crippen LogP contribution < -0.4 is 20.6 Å². The summed E-state index contributed by atoms with van der Waals surface area (Å²) >= 11 is 0. The van der Waals surface area contributed by atoms with Crippen LogP contribution in [0.5, 0.6) is 0 Å². The van der Waals surface area contributed by atoms with E-state index < -0.39 is 0 Å². The smallest absolute Gasteiger partial charge is 0.259 e. The fourth-order valence-corrected chi connectivity index (χ4v) is 1.14. The fourth-order valence-electron chi connectivity index (χ4n) is 1.14. The maximum absolute atomic E-state index is 4.14. The Bertz CT molecular complexity index is 431. The van der Waals surface area contributed by atoms with E-state index >= 15 is 0 Å². The molecule has 2 radical (unpaired) electrons. The van der Waals surface area contributed by atoms with Crippen LogP contribution in [0.3, 0.4) is 0 Å². The lowest BCUT2D eigenvalue weighted by molar-refractivity contribution is -0.664. The Hall–Kier alpha value is -1.92. The van der Waals surface area contributed by atoms with Crippen molar-refractivity contribution in [3.05, 3.63) is 25.3 Å². The zero-order chi connectivity index (χ0) is 10.7. The first-order valence-corrected chi connectivity index (χ1v) is 4.43. The van der Waals surface area contributed by atoms with Gasteiger partial charge >= 0.3 is 0 Å². The minimum Gasteiger partial charge on any atom is -0.282 e. The van der Waals surface area contributed by atoms with Gasteiger partial charge in [0, 0.05) is 11.4 Å². The lowest BCUT2D eigenvalue weighted by atomic mass is 9.76. The molecule has 0 saturated carbocycles. The van der Waals surface area contributed by atoms with E-state index in [1.54, 1.807) is 12.7 Å². The van der Waals surface area contributed by atoms with Crippen LogP contribution in [0, 0.1) is 0 Å². The highest BCUT2D eigenvalue weighted by Crippen LogP contribution is 1.62. The Kier molecular flexibility index (Phi) is 2.62. The molecular weight excluding hydrogens is 191 g/mol. The van der Waals surface area contributed by atoms with Gasteiger partial charge in [0.1, 0.15) is 0 Å². The highest BCUT2D eigenvalue weighted by molar-refractivity contribution is 6.62. The summed E-state index contributed by atoms with van der Waals surface area (Å²) < 4.78 is 3.64. The summed E-state index contributed by atoms with van der Waals surface area (Å²) in [5.74, 6) is 0. The van der Waals surface area contributed by atoms with Gasteiger partial charge in [-0.05, 0) is 0 Å². The maximum atomic E-state index is 4.14. The molecule has 2 aromatic rings. The molecule has 0 aliphatic carbocycles. The quantitative estimate of drug-likeness (QED) is 0.375. The summed E-state index contributed by atoms with van der Waals surface area (Å²) in [6.07, 6.45) is 6.40. The number of aryl methyl sites for hydroxylation is 2. The second kappa shape index (κ2) is 4.08. The van der Waals surface area contributed by atoms with E-state index in [4.69, 9.17) is 0 Å². The Morgan fingerprint density at radius 2 is 1.40 bits per heavy atom. The van der Waals surface area contributed by atoms with Crippen molar-refractivity contribution in [2.24, 2.45) is 14.1 Å². The largest absolute Gasteiger partial charge is 0.282 e. The van der Waals surface area contributed by atoms with Gasteiger partial charge in [-0.25, -0.2) is 0 Å². The van der Waals surface area contributed by atoms with Crippen LogP contribution in [0.25, 0.3) is 0 Å². The van der Waals surface area contributed by atoms with Gasteiger partial charge in [0.2, 0.25) is 12.7 Å². The summed E-state index contributed by atoms with van der Waals surface area (Å²) in [6, 6.07) is 0. The molecule has 0 fully saturated rings. The molecule has 0 aliphatic heterocycles. The zero-order valence-electron chi connectivity index (χ0n) is 8.57. The Morgan fingerprint density at radius 1 is 0.933 bits per heavy atom. The predicted molar refractivity (Wildman–Crippen MR) is 51.4 cm³/mol. The summed E-state index contributed by atoms with van der Waals surface area (Å²) in [4.78, 5) is 16.1. The van der Waals surface area contributed by atoms with Crippen LogP contribution in [0.4, 0.5) is 0 Å². The van der Waals surface area contributed by atoms with Crippen molar-refractivity contribution in [3.8, 4) is 0 Å². The van der Waals surface area contributed by atoms with Crippen LogP contribution in [0.1, 0.15) is 0 Å². The third-order valence-corrected chi connectivity index (χ3v) is 1.97. The van der Waals surface area contributed by atoms with Gasteiger partial charge in [-0.15, -0.1) is 9.97 Å². The lowest BCUT2D eigenvalue weighted by Crippen LogP contribution is -2.61. The summed E-state index contributed by atoms with van der Waals surface area (Å²) in [5, 5.41) is 0. The zero-order valence-corrected chi connectivity index (χ0v) is 8.57. The first-order valence-electron chi connectivity index (χ1n) is 4.43. The topological polar surface area (TPSA) is 59.3 Å². The summed E-state index contributed by atoms with van der Waals surface area (Å²) in [7, 11) is 5.63. The van der Waals surface area contributed by atoms with Crippen molar-refractivity contribution in [3.63, 3.8) is 0 Å². The molecule has 0 saturated heterocycles. The first kappa shape index (κ1) is 9.63. The third kappa shape index (κ3) is 2.12. The molecule has 74 valence electrons. The summed E-state index contributed by atoms with van der Waals surface area (Å²) in [5.41, 5.74) is 1.58. The van der Waals surface area contributed by atoms with Gasteiger partial charge in [-0.1, -0.05) is 17.2 Å². The molecule has 15 heavy (non-hydrogen) atoms. The number of hydrogen-bond donors (Lipinski definition) is 0. The SMILES string of the molecule is C[n+]1cncnc1[B-]c1ncnc[n+]1C. The van der Waals surface area contributed by atoms with Crippen LogP contribution in [0.2, 0.25) is 0 Å². The molecule has 0 amide bonds. The number of nitrogens with zero attached hydrogens (tertiary/aromatic N) is 6. The van der Waals surface area contributed by atoms with Crippen LogP contribution in [-0.4, -0.2) is 27.2 Å². The molecular formula is C8H10BN6+. The van der Waals surface area contributed by atoms with Crippen molar-refractivity contribution >= 4 is 18.7 Å². The predicted octanol–water partition coefficient (Wildman–Crippen LogP) is -3.43. The minimum absolute atomic E-state index is 0.791. The Morgan fingerprint density at radius 3 is 1.80 bits per heavy atom. The first-order chi connectivity index (χ1) is 7.27. The molecule has 0 N–H and O–H groups in total. The molecule has 0 unspecified atom stereocenters. The number of hydrogen-bond acceptors (Lipinski definition) is 4. The third-order valence-electron chi connectivity index (χ3n) is 1.97. The van der Waals surface area contributed by atoms with Gasteiger partial charge in [0.25, 0.3) is 12.7 Å². The van der Waals surface area contributed by atoms with Crippen molar-refractivity contribution in [2.75, 3.05) is 0 Å². The van der Waals surface area contributed by atoms with Gasteiger partial charge in [-0.2, -0.15) is 0 Å². The van der Waals surface area contributed by atoms with Crippen LogP contribution in [0.15, 0.2) is 25.3 Å². The number of aromatic nitrogens is 6. The molecule has 6 nitrogen and oxygen atoms in total. The molecule has 2 rings (SSSR count). The molecule has 0 aliphatic rings. The normalized spacial score (nSPS) is 10.3. The van der Waals surface area contributed by atoms with E-state index in [1.165, 1.54) is 12.7 Å². The van der Waals surface area contributed by atoms with Crippen molar-refractivity contribution < 1.29 is 9.13 Å². The average Bonchev–Trinajstić information content (AvgIpc) is 2.24. The molecule has 0 bridgehead atoms. The monoisotopic (exact) mass is 201 g/mol. The Balaban J connectivity index is 2.30.